The molecule has 2 atom stereocenters. The molecule has 6 nitrogen and oxygen atoms in total. The van der Waals surface area contributed by atoms with Crippen molar-refractivity contribution < 1.29 is 31.9 Å². The maximum absolute atomic E-state index is 14.5. The van der Waals surface area contributed by atoms with Gasteiger partial charge in [0.2, 0.25) is 5.89 Å². The second-order valence-electron chi connectivity index (χ2n) is 8.01. The van der Waals surface area contributed by atoms with Crippen molar-refractivity contribution in [3.8, 4) is 11.5 Å². The van der Waals surface area contributed by atoms with Gasteiger partial charge in [-0.1, -0.05) is 36.4 Å². The molecule has 0 bridgehead atoms. The van der Waals surface area contributed by atoms with Crippen LogP contribution in [0.5, 0.6) is 0 Å². The van der Waals surface area contributed by atoms with Crippen LogP contribution in [0.15, 0.2) is 71.1 Å². The number of carbonyl (C=O) groups excluding carboxylic acids is 1. The third kappa shape index (κ3) is 4.17. The van der Waals surface area contributed by atoms with E-state index in [0.717, 1.165) is 0 Å². The molecule has 10 heteroatoms. The Bertz CT molecular complexity index is 1390. The summed E-state index contributed by atoms with van der Waals surface area (Å²) >= 11 is 0. The average Bonchev–Trinajstić information content (AvgIpc) is 3.46. The number of hydrogen-bond donors (Lipinski definition) is 1. The van der Waals surface area contributed by atoms with Gasteiger partial charge in [-0.15, -0.1) is 10.2 Å². The maximum Gasteiger partial charge on any atom is 0.314 e. The first-order chi connectivity index (χ1) is 16.8. The number of benzene rings is 3. The Hall–Kier alpha value is -4.05. The van der Waals surface area contributed by atoms with Gasteiger partial charge in [0.15, 0.2) is 0 Å². The van der Waals surface area contributed by atoms with Crippen LogP contribution < -0.4 is 0 Å². The van der Waals surface area contributed by atoms with E-state index in [0.29, 0.717) is 11.1 Å². The van der Waals surface area contributed by atoms with E-state index in [9.17, 15) is 27.5 Å². The Kier molecular flexibility index (Phi) is 5.81. The molecular formula is C25H17F4N3O3. The Labute approximate surface area is 196 Å². The number of aromatic nitrogens is 2. The highest BCUT2D eigenvalue weighted by molar-refractivity contribution is 5.99. The highest BCUT2D eigenvalue weighted by Crippen LogP contribution is 2.40. The van der Waals surface area contributed by atoms with Crippen molar-refractivity contribution in [1.82, 2.24) is 15.1 Å². The molecule has 5 rings (SSSR count). The van der Waals surface area contributed by atoms with E-state index in [1.165, 1.54) is 53.4 Å². The fourth-order valence-corrected chi connectivity index (χ4v) is 4.20. The van der Waals surface area contributed by atoms with Crippen molar-refractivity contribution >= 4 is 5.91 Å². The van der Waals surface area contributed by atoms with Crippen LogP contribution in [0.1, 0.15) is 51.5 Å². The van der Waals surface area contributed by atoms with Gasteiger partial charge in [-0.05, 0) is 41.5 Å². The van der Waals surface area contributed by atoms with Crippen LogP contribution in [0, 0.1) is 11.6 Å². The van der Waals surface area contributed by atoms with E-state index < -0.39 is 42.0 Å². The van der Waals surface area contributed by atoms with Crippen molar-refractivity contribution in [2.24, 2.45) is 0 Å². The summed E-state index contributed by atoms with van der Waals surface area (Å²) in [4.78, 5) is 14.8. The number of aliphatic hydroxyl groups excluding tert-OH is 1. The van der Waals surface area contributed by atoms with Gasteiger partial charge < -0.3 is 14.4 Å². The monoisotopic (exact) mass is 483 g/mol. The van der Waals surface area contributed by atoms with Crippen molar-refractivity contribution in [2.45, 2.75) is 25.1 Å². The molecule has 0 spiro atoms. The molecule has 0 unspecified atom stereocenters. The molecule has 1 aliphatic heterocycles. The lowest BCUT2D eigenvalue weighted by Crippen LogP contribution is -2.33. The Morgan fingerprint density at radius 2 is 1.71 bits per heavy atom. The van der Waals surface area contributed by atoms with Gasteiger partial charge >= 0.3 is 6.43 Å². The van der Waals surface area contributed by atoms with Crippen LogP contribution >= 0.6 is 0 Å². The summed E-state index contributed by atoms with van der Waals surface area (Å²) in [6.45, 7) is 0.0775. The molecule has 0 aliphatic carbocycles. The lowest BCUT2D eigenvalue weighted by atomic mass is 9.94. The largest absolute Gasteiger partial charge is 0.415 e. The number of nitrogens with zero attached hydrogens (tertiary/aromatic N) is 3. The number of rotatable bonds is 6. The van der Waals surface area contributed by atoms with E-state index in [1.807, 2.05) is 0 Å². The van der Waals surface area contributed by atoms with Gasteiger partial charge in [-0.2, -0.15) is 8.78 Å². The van der Waals surface area contributed by atoms with Gasteiger partial charge in [0.1, 0.15) is 17.7 Å². The molecule has 3 aromatic carbocycles. The van der Waals surface area contributed by atoms with E-state index >= 15 is 0 Å². The van der Waals surface area contributed by atoms with Crippen LogP contribution in [-0.2, 0) is 6.54 Å². The molecule has 1 aromatic heterocycles. The zero-order chi connectivity index (χ0) is 24.7. The minimum atomic E-state index is -2.93. The molecule has 0 saturated carbocycles. The van der Waals surface area contributed by atoms with E-state index in [2.05, 4.69) is 10.2 Å². The molecule has 1 amide bonds. The van der Waals surface area contributed by atoms with E-state index in [4.69, 9.17) is 4.42 Å². The summed E-state index contributed by atoms with van der Waals surface area (Å²) in [5.74, 6) is -2.64. The maximum atomic E-state index is 14.5. The zero-order valence-corrected chi connectivity index (χ0v) is 17.9. The molecule has 0 fully saturated rings. The van der Waals surface area contributed by atoms with Crippen LogP contribution in [0.2, 0.25) is 0 Å². The highest BCUT2D eigenvalue weighted by atomic mass is 19.3. The lowest BCUT2D eigenvalue weighted by Gasteiger charge is -2.32. The smallest absolute Gasteiger partial charge is 0.314 e. The number of halogens is 4. The molecule has 35 heavy (non-hydrogen) atoms. The van der Waals surface area contributed by atoms with Gasteiger partial charge in [0.25, 0.3) is 11.8 Å². The molecular weight excluding hydrogens is 466 g/mol. The number of fused-ring (bicyclic) bond motifs is 1. The molecule has 178 valence electrons. The quantitative estimate of drug-likeness (QED) is 0.373. The number of amides is 1. The van der Waals surface area contributed by atoms with Gasteiger partial charge in [0.05, 0.1) is 6.04 Å². The second kappa shape index (κ2) is 8.95. The number of alkyl halides is 2. The predicted molar refractivity (Wildman–Crippen MR) is 115 cm³/mol. The molecule has 1 N–H and O–H groups in total. The Balaban J connectivity index is 1.53. The van der Waals surface area contributed by atoms with Crippen LogP contribution in [0.3, 0.4) is 0 Å². The van der Waals surface area contributed by atoms with Crippen molar-refractivity contribution in [1.29, 1.82) is 0 Å². The Morgan fingerprint density at radius 1 is 0.971 bits per heavy atom. The van der Waals surface area contributed by atoms with E-state index in [-0.39, 0.29) is 29.1 Å². The zero-order valence-electron chi connectivity index (χ0n) is 17.9. The molecule has 2 heterocycles. The van der Waals surface area contributed by atoms with Crippen molar-refractivity contribution in [3.05, 3.63) is 107 Å². The number of aliphatic hydroxyl groups is 1. The summed E-state index contributed by atoms with van der Waals surface area (Å²) in [6, 6.07) is 14.5. The molecule has 0 saturated heterocycles. The minimum Gasteiger partial charge on any atom is -0.415 e. The van der Waals surface area contributed by atoms with E-state index in [1.54, 1.807) is 18.2 Å². The molecule has 4 aromatic rings. The third-order valence-electron chi connectivity index (χ3n) is 5.89. The highest BCUT2D eigenvalue weighted by Gasteiger charge is 2.39. The average molecular weight is 483 g/mol. The first-order valence-electron chi connectivity index (χ1n) is 10.6. The Morgan fingerprint density at radius 3 is 2.40 bits per heavy atom. The standard InChI is InChI=1S/C25H17F4N3O3/c26-16-9-7-13(8-10-16)20(21(33)17-3-1-2-4-19(17)27)32-12-15-6-5-14(11-18(15)25(32)34)23-30-31-24(35-23)22(28)29/h1-11,20-22,33H,12H2/t20-,21+/m1/s1. The van der Waals surface area contributed by atoms with Crippen LogP contribution in [0.4, 0.5) is 17.6 Å². The number of carbonyl (C=O) groups is 1. The summed E-state index contributed by atoms with van der Waals surface area (Å²) in [5.41, 5.74) is 1.50. The summed E-state index contributed by atoms with van der Waals surface area (Å²) in [6.07, 6.45) is -4.39. The van der Waals surface area contributed by atoms with Gasteiger partial charge in [-0.3, -0.25) is 4.79 Å². The van der Waals surface area contributed by atoms with Crippen LogP contribution in [-0.4, -0.2) is 26.1 Å². The SMILES string of the molecule is O=C1c2cc(-c3nnc(C(F)F)o3)ccc2CN1[C@H](c1ccc(F)cc1)[C@@H](O)c1ccccc1F. The van der Waals surface area contributed by atoms with Gasteiger partial charge in [-0.25, -0.2) is 8.78 Å². The topological polar surface area (TPSA) is 79.5 Å². The first kappa shape index (κ1) is 22.7. The minimum absolute atomic E-state index is 0.0170. The summed E-state index contributed by atoms with van der Waals surface area (Å²) in [5, 5.41) is 18.1. The number of hydrogen-bond acceptors (Lipinski definition) is 5. The normalized spacial score (nSPS) is 14.9. The summed E-state index contributed by atoms with van der Waals surface area (Å²) in [7, 11) is 0. The second-order valence-corrected chi connectivity index (χ2v) is 8.01. The predicted octanol–water partition coefficient (Wildman–Crippen LogP) is 5.38. The van der Waals surface area contributed by atoms with Crippen molar-refractivity contribution in [2.75, 3.05) is 0 Å². The van der Waals surface area contributed by atoms with Crippen LogP contribution in [0.25, 0.3) is 11.5 Å². The van der Waals surface area contributed by atoms with Gasteiger partial charge in [0, 0.05) is 23.2 Å². The molecule has 1 aliphatic rings. The molecule has 0 radical (unpaired) electrons. The fraction of sp³-hybridized carbons (Fsp3) is 0.160. The summed E-state index contributed by atoms with van der Waals surface area (Å²) < 4.78 is 58.7. The van der Waals surface area contributed by atoms with Crippen molar-refractivity contribution in [3.63, 3.8) is 0 Å². The fourth-order valence-electron chi connectivity index (χ4n) is 4.20. The first-order valence-corrected chi connectivity index (χ1v) is 10.6. The lowest BCUT2D eigenvalue weighted by molar-refractivity contribution is 0.0347. The third-order valence-corrected chi connectivity index (χ3v) is 5.89.